The standard InChI is InChI=1S/C28H49N5O6SSi/c1-10-15-24(34)38-18-33(27(35)25(31-32-29)20(8)11-2)22(19(6)7)16-23(39-41(12-3,13-4)14-5)26-30-21(17-40-26)28(36)37-9/h17,19-20,22-23,25H,10-16,18H2,1-9H3/t20?,22-,23-,25?/m1/s1. The molecule has 0 spiro atoms. The van der Waals surface area contributed by atoms with Gasteiger partial charge in [0.2, 0.25) is 5.91 Å². The molecule has 0 saturated heterocycles. The lowest BCUT2D eigenvalue weighted by Crippen LogP contribution is -2.51. The third-order valence-corrected chi connectivity index (χ3v) is 13.4. The number of thiazole rings is 1. The van der Waals surface area contributed by atoms with Gasteiger partial charge in [0.25, 0.3) is 0 Å². The van der Waals surface area contributed by atoms with Crippen molar-refractivity contribution in [2.45, 2.75) is 117 Å². The fourth-order valence-electron chi connectivity index (χ4n) is 4.71. The molecule has 2 unspecified atom stereocenters. The normalized spacial score (nSPS) is 14.5. The van der Waals surface area contributed by atoms with Gasteiger partial charge in [0, 0.05) is 22.8 Å². The Morgan fingerprint density at radius 2 is 1.76 bits per heavy atom. The van der Waals surface area contributed by atoms with Gasteiger partial charge >= 0.3 is 11.9 Å². The van der Waals surface area contributed by atoms with Crippen LogP contribution in [0.2, 0.25) is 18.1 Å². The molecule has 1 aromatic rings. The van der Waals surface area contributed by atoms with Crippen LogP contribution in [0.1, 0.15) is 103 Å². The second-order valence-corrected chi connectivity index (χ2v) is 16.3. The summed E-state index contributed by atoms with van der Waals surface area (Å²) in [7, 11) is -0.850. The van der Waals surface area contributed by atoms with Crippen LogP contribution in [0.3, 0.4) is 0 Å². The van der Waals surface area contributed by atoms with Crippen molar-refractivity contribution in [3.63, 3.8) is 0 Å². The molecule has 0 aromatic carbocycles. The number of rotatable bonds is 19. The Morgan fingerprint density at radius 3 is 2.24 bits per heavy atom. The van der Waals surface area contributed by atoms with E-state index in [-0.39, 0.29) is 30.7 Å². The molecule has 0 radical (unpaired) electrons. The monoisotopic (exact) mass is 611 g/mol. The zero-order chi connectivity index (χ0) is 31.2. The molecular formula is C28H49N5O6SSi. The predicted molar refractivity (Wildman–Crippen MR) is 163 cm³/mol. The van der Waals surface area contributed by atoms with Crippen molar-refractivity contribution in [2.24, 2.45) is 17.0 Å². The van der Waals surface area contributed by atoms with Crippen molar-refractivity contribution in [1.29, 1.82) is 0 Å². The van der Waals surface area contributed by atoms with Gasteiger partial charge in [-0.1, -0.05) is 66.9 Å². The first kappa shape index (κ1) is 36.6. The molecule has 4 atom stereocenters. The highest BCUT2D eigenvalue weighted by Gasteiger charge is 2.39. The maximum Gasteiger partial charge on any atom is 0.357 e. The first-order valence-electron chi connectivity index (χ1n) is 14.7. The number of methoxy groups -OCH3 is 1. The fourth-order valence-corrected chi connectivity index (χ4v) is 8.43. The molecule has 0 aliphatic carbocycles. The van der Waals surface area contributed by atoms with Gasteiger partial charge in [0.05, 0.1) is 13.2 Å². The SMILES string of the molecule is CCCC(=O)OCN(C(=O)C(N=[N+]=[N-])C(C)CC)[C@H](C[C@@H](O[Si](CC)(CC)CC)c1nc(C(=O)OC)cs1)C(C)C. The average molecular weight is 612 g/mol. The van der Waals surface area contributed by atoms with E-state index in [4.69, 9.17) is 13.9 Å². The van der Waals surface area contributed by atoms with E-state index in [1.54, 1.807) is 5.38 Å². The summed E-state index contributed by atoms with van der Waals surface area (Å²) in [5.41, 5.74) is 9.47. The summed E-state index contributed by atoms with van der Waals surface area (Å²) in [6.07, 6.45) is 1.35. The molecule has 0 N–H and O–H groups in total. The lowest BCUT2D eigenvalue weighted by Gasteiger charge is -2.40. The van der Waals surface area contributed by atoms with Crippen LogP contribution in [-0.4, -0.2) is 62.0 Å². The third-order valence-electron chi connectivity index (χ3n) is 7.86. The fraction of sp³-hybridized carbons (Fsp3) is 0.786. The molecule has 0 aliphatic heterocycles. The summed E-state index contributed by atoms with van der Waals surface area (Å²) in [6.45, 7) is 15.8. The Kier molecular flexibility index (Phi) is 16.2. The van der Waals surface area contributed by atoms with Gasteiger partial charge in [-0.2, -0.15) is 0 Å². The van der Waals surface area contributed by atoms with Crippen LogP contribution in [0.15, 0.2) is 10.5 Å². The lowest BCUT2D eigenvalue weighted by molar-refractivity contribution is -0.158. The van der Waals surface area contributed by atoms with Crippen LogP contribution in [0.25, 0.3) is 10.4 Å². The summed E-state index contributed by atoms with van der Waals surface area (Å²) in [6, 6.07) is 1.33. The van der Waals surface area contributed by atoms with E-state index in [0.29, 0.717) is 24.3 Å². The second-order valence-electron chi connectivity index (χ2n) is 10.7. The third kappa shape index (κ3) is 10.4. The molecule has 41 heavy (non-hydrogen) atoms. The number of ether oxygens (including phenoxy) is 2. The minimum Gasteiger partial charge on any atom is -0.464 e. The van der Waals surface area contributed by atoms with Crippen LogP contribution in [0.5, 0.6) is 0 Å². The van der Waals surface area contributed by atoms with E-state index in [1.165, 1.54) is 23.3 Å². The Bertz CT molecular complexity index is 1020. The molecule has 0 aliphatic rings. The first-order chi connectivity index (χ1) is 19.5. The summed E-state index contributed by atoms with van der Waals surface area (Å²) in [4.78, 5) is 47.7. The molecule has 0 fully saturated rings. The number of esters is 2. The maximum atomic E-state index is 14.0. The van der Waals surface area contributed by atoms with Gasteiger partial charge in [-0.3, -0.25) is 9.59 Å². The van der Waals surface area contributed by atoms with Crippen molar-refractivity contribution >= 4 is 37.5 Å². The Hall–Kier alpha value is -2.47. The van der Waals surface area contributed by atoms with Gasteiger partial charge in [0.1, 0.15) is 11.0 Å². The first-order valence-corrected chi connectivity index (χ1v) is 18.1. The molecule has 1 rings (SSSR count). The van der Waals surface area contributed by atoms with Crippen LogP contribution in [-0.2, 0) is 23.5 Å². The molecule has 0 bridgehead atoms. The zero-order valence-electron chi connectivity index (χ0n) is 26.2. The molecule has 1 amide bonds. The molecule has 11 nitrogen and oxygen atoms in total. The van der Waals surface area contributed by atoms with E-state index in [2.05, 4.69) is 35.8 Å². The quantitative estimate of drug-likeness (QED) is 0.0400. The highest BCUT2D eigenvalue weighted by Crippen LogP contribution is 2.36. The van der Waals surface area contributed by atoms with E-state index in [9.17, 15) is 19.9 Å². The van der Waals surface area contributed by atoms with Gasteiger partial charge < -0.3 is 18.8 Å². The number of hydrogen-bond acceptors (Lipinski definition) is 9. The number of aromatic nitrogens is 1. The minimum atomic E-state index is -2.16. The van der Waals surface area contributed by atoms with Crippen molar-refractivity contribution in [1.82, 2.24) is 9.88 Å². The van der Waals surface area contributed by atoms with E-state index < -0.39 is 44.4 Å². The summed E-state index contributed by atoms with van der Waals surface area (Å²) < 4.78 is 17.4. The van der Waals surface area contributed by atoms with Crippen LogP contribution < -0.4 is 0 Å². The average Bonchev–Trinajstić information content (AvgIpc) is 3.46. The number of hydrogen-bond donors (Lipinski definition) is 0. The summed E-state index contributed by atoms with van der Waals surface area (Å²) >= 11 is 1.33. The van der Waals surface area contributed by atoms with Crippen molar-refractivity contribution in [3.05, 3.63) is 26.5 Å². The smallest absolute Gasteiger partial charge is 0.357 e. The Balaban J connectivity index is 3.65. The summed E-state index contributed by atoms with van der Waals surface area (Å²) in [5.74, 6) is -1.60. The predicted octanol–water partition coefficient (Wildman–Crippen LogP) is 7.26. The largest absolute Gasteiger partial charge is 0.464 e. The molecule has 1 aromatic heterocycles. The van der Waals surface area contributed by atoms with Gasteiger partial charge in [-0.25, -0.2) is 9.78 Å². The van der Waals surface area contributed by atoms with Crippen LogP contribution >= 0.6 is 11.3 Å². The van der Waals surface area contributed by atoms with Crippen molar-refractivity contribution < 1.29 is 28.3 Å². The van der Waals surface area contributed by atoms with E-state index >= 15 is 0 Å². The number of azide groups is 1. The Labute approximate surface area is 250 Å². The number of nitrogens with zero attached hydrogens (tertiary/aromatic N) is 5. The Morgan fingerprint density at radius 1 is 1.12 bits per heavy atom. The van der Waals surface area contributed by atoms with Gasteiger partial charge in [-0.05, 0) is 48.3 Å². The lowest BCUT2D eigenvalue weighted by atomic mass is 9.93. The molecular weight excluding hydrogens is 562 g/mol. The second kappa shape index (κ2) is 18.1. The van der Waals surface area contributed by atoms with Gasteiger partial charge in [-0.15, -0.1) is 11.3 Å². The topological polar surface area (TPSA) is 144 Å². The number of carbonyl (C=O) groups excluding carboxylic acids is 3. The number of amides is 1. The molecule has 1 heterocycles. The number of carbonyl (C=O) groups is 3. The van der Waals surface area contributed by atoms with Crippen LogP contribution in [0.4, 0.5) is 0 Å². The highest BCUT2D eigenvalue weighted by atomic mass is 32.1. The van der Waals surface area contributed by atoms with E-state index in [1.807, 2.05) is 34.6 Å². The molecule has 0 saturated carbocycles. The molecule has 13 heteroatoms. The zero-order valence-corrected chi connectivity index (χ0v) is 28.0. The minimum absolute atomic E-state index is 0.0699. The van der Waals surface area contributed by atoms with E-state index in [0.717, 1.165) is 18.1 Å². The maximum absolute atomic E-state index is 14.0. The highest BCUT2D eigenvalue weighted by molar-refractivity contribution is 7.09. The van der Waals surface area contributed by atoms with Gasteiger partial charge in [0.15, 0.2) is 20.7 Å². The van der Waals surface area contributed by atoms with Crippen molar-refractivity contribution in [3.8, 4) is 0 Å². The van der Waals surface area contributed by atoms with Crippen molar-refractivity contribution in [2.75, 3.05) is 13.8 Å². The molecule has 232 valence electrons. The van der Waals surface area contributed by atoms with Crippen LogP contribution in [0, 0.1) is 11.8 Å². The summed E-state index contributed by atoms with van der Waals surface area (Å²) in [5, 5.41) is 6.14.